The summed E-state index contributed by atoms with van der Waals surface area (Å²) in [5, 5.41) is -0.974. The van der Waals surface area contributed by atoms with Crippen molar-refractivity contribution in [3.8, 4) is 0 Å². The Morgan fingerprint density at radius 1 is 1.43 bits per heavy atom. The lowest BCUT2D eigenvalue weighted by molar-refractivity contribution is -0.117. The summed E-state index contributed by atoms with van der Waals surface area (Å²) in [6.45, 7) is 1.64. The van der Waals surface area contributed by atoms with E-state index in [1.54, 1.807) is 25.1 Å². The summed E-state index contributed by atoms with van der Waals surface area (Å²) in [5.74, 6) is -0.965. The molecule has 1 fully saturated rings. The first-order valence-electron chi connectivity index (χ1n) is 6.17. The van der Waals surface area contributed by atoms with Gasteiger partial charge in [0.05, 0.1) is 18.4 Å². The van der Waals surface area contributed by atoms with Crippen LogP contribution in [0.1, 0.15) is 22.3 Å². The average Bonchev–Trinajstić information content (AvgIpc) is 2.79. The molecule has 1 saturated heterocycles. The van der Waals surface area contributed by atoms with Crippen LogP contribution in [0.2, 0.25) is 0 Å². The number of halogens is 1. The minimum absolute atomic E-state index is 0.0713. The highest BCUT2D eigenvalue weighted by atomic mass is 35.7. The number of nitrogens with zero attached hydrogens (tertiary/aromatic N) is 1. The molecule has 1 heterocycles. The zero-order valence-electron chi connectivity index (χ0n) is 11.5. The summed E-state index contributed by atoms with van der Waals surface area (Å²) < 4.78 is 27.5. The van der Waals surface area contributed by atoms with Crippen LogP contribution in [0.3, 0.4) is 0 Å². The van der Waals surface area contributed by atoms with Crippen LogP contribution in [0.5, 0.6) is 0 Å². The average molecular weight is 332 g/mol. The Hall–Kier alpha value is -1.60. The Morgan fingerprint density at radius 3 is 2.62 bits per heavy atom. The van der Waals surface area contributed by atoms with Crippen molar-refractivity contribution in [1.29, 1.82) is 0 Å². The van der Waals surface area contributed by atoms with E-state index >= 15 is 0 Å². The fourth-order valence-electron chi connectivity index (χ4n) is 2.34. The monoisotopic (exact) mass is 331 g/mol. The van der Waals surface area contributed by atoms with E-state index in [1.807, 2.05) is 0 Å². The van der Waals surface area contributed by atoms with E-state index < -0.39 is 20.3 Å². The molecule has 0 saturated carbocycles. The molecule has 0 spiro atoms. The Bertz CT molecular complexity index is 701. The second-order valence-electron chi connectivity index (χ2n) is 4.77. The number of ether oxygens (including phenoxy) is 1. The first kappa shape index (κ1) is 15.8. The predicted octanol–water partition coefficient (Wildman–Crippen LogP) is 1.46. The molecule has 0 bridgehead atoms. The number of methoxy groups -OCH3 is 1. The number of rotatable bonds is 3. The number of amides is 1. The van der Waals surface area contributed by atoms with E-state index in [-0.39, 0.29) is 24.4 Å². The van der Waals surface area contributed by atoms with E-state index in [0.29, 0.717) is 11.3 Å². The standard InChI is InChI=1S/C13H14ClNO5S/c1-8-4-3-5-10(12(8)13(17)20-2)15-7-9(6-11(15)16)21(14,18)19/h3-5,9H,6-7H2,1-2H3. The molecule has 114 valence electrons. The smallest absolute Gasteiger partial charge is 0.340 e. The maximum absolute atomic E-state index is 12.1. The molecule has 1 atom stereocenters. The van der Waals surface area contributed by atoms with Crippen molar-refractivity contribution in [2.75, 3.05) is 18.6 Å². The lowest BCUT2D eigenvalue weighted by Crippen LogP contribution is -2.28. The van der Waals surface area contributed by atoms with Gasteiger partial charge in [0.1, 0.15) is 5.25 Å². The highest BCUT2D eigenvalue weighted by Crippen LogP contribution is 2.31. The summed E-state index contributed by atoms with van der Waals surface area (Å²) in [7, 11) is 2.73. The van der Waals surface area contributed by atoms with Crippen LogP contribution < -0.4 is 4.90 Å². The lowest BCUT2D eigenvalue weighted by atomic mass is 10.1. The maximum Gasteiger partial charge on any atom is 0.340 e. The zero-order chi connectivity index (χ0) is 15.8. The number of esters is 1. The first-order chi connectivity index (χ1) is 9.75. The van der Waals surface area contributed by atoms with Crippen molar-refractivity contribution in [1.82, 2.24) is 0 Å². The van der Waals surface area contributed by atoms with Crippen LogP contribution in [-0.2, 0) is 18.6 Å². The fourth-order valence-corrected chi connectivity index (χ4v) is 3.37. The van der Waals surface area contributed by atoms with Crippen molar-refractivity contribution in [3.05, 3.63) is 29.3 Å². The molecule has 0 N–H and O–H groups in total. The number of benzene rings is 1. The van der Waals surface area contributed by atoms with Crippen molar-refractivity contribution in [3.63, 3.8) is 0 Å². The summed E-state index contributed by atoms with van der Waals surface area (Å²) in [4.78, 5) is 25.2. The third kappa shape index (κ3) is 3.03. The summed E-state index contributed by atoms with van der Waals surface area (Å²) in [6, 6.07) is 4.99. The lowest BCUT2D eigenvalue weighted by Gasteiger charge is -2.20. The number of aryl methyl sites for hydroxylation is 1. The summed E-state index contributed by atoms with van der Waals surface area (Å²) >= 11 is 0. The van der Waals surface area contributed by atoms with Crippen molar-refractivity contribution >= 4 is 37.3 Å². The molecule has 2 rings (SSSR count). The second kappa shape index (κ2) is 5.65. The van der Waals surface area contributed by atoms with E-state index in [4.69, 9.17) is 15.4 Å². The Balaban J connectivity index is 2.46. The van der Waals surface area contributed by atoms with Crippen LogP contribution >= 0.6 is 10.7 Å². The van der Waals surface area contributed by atoms with Crippen LogP contribution in [0.15, 0.2) is 18.2 Å². The van der Waals surface area contributed by atoms with Gasteiger partial charge in [-0.25, -0.2) is 13.2 Å². The van der Waals surface area contributed by atoms with Gasteiger partial charge in [-0.15, -0.1) is 0 Å². The van der Waals surface area contributed by atoms with Crippen LogP contribution in [-0.4, -0.2) is 39.2 Å². The molecule has 1 aliphatic heterocycles. The van der Waals surface area contributed by atoms with Gasteiger partial charge in [-0.2, -0.15) is 0 Å². The van der Waals surface area contributed by atoms with Gasteiger partial charge < -0.3 is 9.64 Å². The van der Waals surface area contributed by atoms with E-state index in [9.17, 15) is 18.0 Å². The van der Waals surface area contributed by atoms with Gasteiger partial charge in [-0.05, 0) is 18.6 Å². The highest BCUT2D eigenvalue weighted by molar-refractivity contribution is 8.14. The first-order valence-corrected chi connectivity index (χ1v) is 8.54. The molecular weight excluding hydrogens is 318 g/mol. The second-order valence-corrected chi connectivity index (χ2v) is 7.67. The number of hydrogen-bond donors (Lipinski definition) is 0. The van der Waals surface area contributed by atoms with Gasteiger partial charge in [0.2, 0.25) is 15.0 Å². The summed E-state index contributed by atoms with van der Waals surface area (Å²) in [6.07, 6.45) is -0.194. The molecule has 1 aromatic carbocycles. The van der Waals surface area contributed by atoms with Gasteiger partial charge in [0, 0.05) is 23.6 Å². The Morgan fingerprint density at radius 2 is 2.10 bits per heavy atom. The highest BCUT2D eigenvalue weighted by Gasteiger charge is 2.39. The Labute approximate surface area is 127 Å². The third-order valence-corrected chi connectivity index (χ3v) is 5.29. The minimum atomic E-state index is -3.83. The number of carbonyl (C=O) groups excluding carboxylic acids is 2. The molecule has 8 heteroatoms. The van der Waals surface area contributed by atoms with E-state index in [0.717, 1.165) is 0 Å². The molecular formula is C13H14ClNO5S. The van der Waals surface area contributed by atoms with Crippen molar-refractivity contribution < 1.29 is 22.7 Å². The number of hydrogen-bond acceptors (Lipinski definition) is 5. The van der Waals surface area contributed by atoms with Gasteiger partial charge in [0.15, 0.2) is 0 Å². The quantitative estimate of drug-likeness (QED) is 0.618. The molecule has 21 heavy (non-hydrogen) atoms. The largest absolute Gasteiger partial charge is 0.465 e. The van der Waals surface area contributed by atoms with Gasteiger partial charge in [-0.3, -0.25) is 4.79 Å². The van der Waals surface area contributed by atoms with Crippen LogP contribution in [0, 0.1) is 6.92 Å². The summed E-state index contributed by atoms with van der Waals surface area (Å²) in [5.41, 5.74) is 1.24. The number of carbonyl (C=O) groups is 2. The predicted molar refractivity (Wildman–Crippen MR) is 78.0 cm³/mol. The SMILES string of the molecule is COC(=O)c1c(C)cccc1N1CC(S(=O)(=O)Cl)CC1=O. The van der Waals surface area contributed by atoms with Crippen LogP contribution in [0.25, 0.3) is 0 Å². The van der Waals surface area contributed by atoms with E-state index in [1.165, 1.54) is 12.0 Å². The zero-order valence-corrected chi connectivity index (χ0v) is 13.1. The molecule has 6 nitrogen and oxygen atoms in total. The number of anilines is 1. The topological polar surface area (TPSA) is 80.8 Å². The molecule has 0 aromatic heterocycles. The van der Waals surface area contributed by atoms with Crippen molar-refractivity contribution in [2.24, 2.45) is 0 Å². The Kier molecular flexibility index (Phi) is 4.25. The minimum Gasteiger partial charge on any atom is -0.465 e. The maximum atomic E-state index is 12.1. The van der Waals surface area contributed by atoms with Gasteiger partial charge in [-0.1, -0.05) is 12.1 Å². The normalized spacial score (nSPS) is 18.9. The molecule has 0 radical (unpaired) electrons. The third-order valence-electron chi connectivity index (χ3n) is 3.42. The van der Waals surface area contributed by atoms with Crippen LogP contribution in [0.4, 0.5) is 5.69 Å². The molecule has 1 aromatic rings. The molecule has 0 aliphatic carbocycles. The van der Waals surface area contributed by atoms with Crippen molar-refractivity contribution in [2.45, 2.75) is 18.6 Å². The molecule has 1 amide bonds. The fraction of sp³-hybridized carbons (Fsp3) is 0.385. The van der Waals surface area contributed by atoms with Gasteiger partial charge >= 0.3 is 5.97 Å². The molecule has 1 aliphatic rings. The van der Waals surface area contributed by atoms with E-state index in [2.05, 4.69) is 0 Å². The molecule has 1 unspecified atom stereocenters. The van der Waals surface area contributed by atoms with Gasteiger partial charge in [0.25, 0.3) is 0 Å².